The molecule has 0 spiro atoms. The quantitative estimate of drug-likeness (QED) is 0.0465. The van der Waals surface area contributed by atoms with E-state index >= 15 is 0 Å². The van der Waals surface area contributed by atoms with E-state index in [9.17, 15) is 0 Å². The Bertz CT molecular complexity index is 3690. The number of hydrogen-bond acceptors (Lipinski definition) is 2. The van der Waals surface area contributed by atoms with Crippen LogP contribution >= 0.6 is 14.1 Å². The summed E-state index contributed by atoms with van der Waals surface area (Å²) in [5, 5.41) is 7.10. The van der Waals surface area contributed by atoms with Crippen LogP contribution in [0.15, 0.2) is 190 Å². The molecule has 614 valence electrons. The predicted octanol–water partition coefficient (Wildman–Crippen LogP) is 29.4. The minimum atomic E-state index is -2.33. The van der Waals surface area contributed by atoms with Crippen molar-refractivity contribution in [3.8, 4) is 0 Å². The van der Waals surface area contributed by atoms with E-state index in [1.54, 1.807) is 28.1 Å². The number of benzene rings is 6. The van der Waals surface area contributed by atoms with Crippen LogP contribution in [0.5, 0.6) is 0 Å². The van der Waals surface area contributed by atoms with Crippen LogP contribution in [-0.4, -0.2) is 73.9 Å². The summed E-state index contributed by atoms with van der Waals surface area (Å²) in [6.45, 7) is 93.9. The van der Waals surface area contributed by atoms with Crippen molar-refractivity contribution < 1.29 is 52.4 Å². The molecular weight excluding hydrogens is 1660 g/mol. The Balaban J connectivity index is 0.000000784. The van der Waals surface area contributed by atoms with Gasteiger partial charge in [-0.3, -0.25) is 9.49 Å². The molecule has 4 aliphatic carbocycles. The standard InChI is InChI=1S/C36H48NP.C36H44NP.C8H25Si4.C4H12Si.3C4H11Si.CH3.2Zr/c2*1-25(2)30-20-15-21-31(26(3)4)34(30)37-38(27-16-11-9-12-17-27,28-18-13-10-14-19-28)29-22-32-33(23-29)36(7,8)24-35(32,5)6;1-9-6-11(3)8-12(4,5)7-10-2;4*1-5(2,3)4;;;/h9-21,25-26,29,32-33H,22-24H2,1-8H3;9-22,25-26H,23-24H2,1-8H3;11H,4,6-10H2,1-3,5H3;1-4H3;3*1H2,2-4H3;1H3;;/q;;-1;;4*-1;;+4. The Labute approximate surface area is 739 Å². The molecule has 4 atom stereocenters. The van der Waals surface area contributed by atoms with E-state index in [1.165, 1.54) is 85.8 Å². The molecule has 0 aromatic heterocycles. The van der Waals surface area contributed by atoms with Gasteiger partial charge in [-0.15, -0.1) is 32.3 Å². The zero-order chi connectivity index (χ0) is 82.2. The minimum absolute atomic E-state index is 0. The van der Waals surface area contributed by atoms with Gasteiger partial charge >= 0.3 is 26.2 Å². The van der Waals surface area contributed by atoms with E-state index in [0.29, 0.717) is 49.7 Å². The molecule has 2 saturated carbocycles. The fourth-order valence-electron chi connectivity index (χ4n) is 17.5. The second-order valence-electron chi connectivity index (χ2n) is 42.5. The van der Waals surface area contributed by atoms with Crippen LogP contribution < -0.4 is 21.2 Å². The van der Waals surface area contributed by atoms with Gasteiger partial charge in [0.1, 0.15) is 0 Å². The molecule has 111 heavy (non-hydrogen) atoms. The van der Waals surface area contributed by atoms with E-state index < -0.39 is 54.5 Å². The molecule has 0 saturated heterocycles. The van der Waals surface area contributed by atoms with Crippen LogP contribution in [0.3, 0.4) is 0 Å². The van der Waals surface area contributed by atoms with Crippen molar-refractivity contribution >= 4 is 115 Å². The third kappa shape index (κ3) is 33.4. The van der Waals surface area contributed by atoms with Crippen LogP contribution in [0.1, 0.15) is 189 Å². The molecule has 2 fully saturated rings. The molecule has 0 bridgehead atoms. The third-order valence-corrected chi connectivity index (χ3v) is 48.7. The van der Waals surface area contributed by atoms with Crippen molar-refractivity contribution in [1.29, 1.82) is 0 Å². The molecule has 4 aliphatic rings. The molecule has 0 amide bonds. The van der Waals surface area contributed by atoms with Crippen molar-refractivity contribution in [2.75, 3.05) is 0 Å². The van der Waals surface area contributed by atoms with Gasteiger partial charge in [0.2, 0.25) is 0 Å². The third-order valence-electron chi connectivity index (χ3n) is 21.1. The molecule has 6 aromatic carbocycles. The molecule has 0 aliphatic heterocycles. The first-order valence-electron chi connectivity index (χ1n) is 42.0. The molecule has 0 radical (unpaired) electrons. The molecular formula is C97H165N2P2Si8Zr2-. The topological polar surface area (TPSA) is 24.7 Å². The average Bonchev–Trinajstić information content (AvgIpc) is 1.59. The van der Waals surface area contributed by atoms with E-state index in [0.717, 1.165) is 18.3 Å². The van der Waals surface area contributed by atoms with Crippen molar-refractivity contribution in [2.24, 2.45) is 43.0 Å². The van der Waals surface area contributed by atoms with Crippen molar-refractivity contribution in [2.45, 2.75) is 301 Å². The van der Waals surface area contributed by atoms with Crippen molar-refractivity contribution in [1.82, 2.24) is 0 Å². The normalized spacial score (nSPS) is 18.9. The maximum atomic E-state index is 6.19. The number of rotatable bonds is 18. The molecule has 6 aromatic rings. The molecule has 0 heterocycles. The van der Waals surface area contributed by atoms with Crippen LogP contribution in [0, 0.1) is 67.1 Å². The molecule has 14 heteroatoms. The second kappa shape index (κ2) is 45.4. The number of hydrogen-bond donors (Lipinski definition) is 0. The summed E-state index contributed by atoms with van der Waals surface area (Å²) in [6, 6.07) is 59.0. The van der Waals surface area contributed by atoms with Gasteiger partial charge in [0.25, 0.3) is 0 Å². The Hall–Kier alpha value is -1.24. The summed E-state index contributed by atoms with van der Waals surface area (Å²) in [5.74, 6) is 3.19. The van der Waals surface area contributed by atoms with Gasteiger partial charge in [0, 0.05) is 85.4 Å². The van der Waals surface area contributed by atoms with E-state index in [-0.39, 0.29) is 89.0 Å². The predicted molar refractivity (Wildman–Crippen MR) is 531 cm³/mol. The second-order valence-corrected chi connectivity index (χ2v) is 84.1. The van der Waals surface area contributed by atoms with Crippen molar-refractivity contribution in [3.63, 3.8) is 0 Å². The van der Waals surface area contributed by atoms with E-state index in [2.05, 4.69) is 412 Å². The van der Waals surface area contributed by atoms with Gasteiger partial charge < -0.3 is 33.6 Å². The number of nitrogens with zero attached hydrogens (tertiary/aromatic N) is 2. The maximum Gasteiger partial charge on any atom is 4.00 e. The Morgan fingerprint density at radius 3 is 1.05 bits per heavy atom. The van der Waals surface area contributed by atoms with Gasteiger partial charge in [-0.05, 0) is 133 Å². The largest absolute Gasteiger partial charge is 4.00 e. The Morgan fingerprint density at radius 1 is 0.459 bits per heavy atom. The number of fused-ring (bicyclic) bond motifs is 1. The molecule has 0 N–H and O–H groups in total. The molecule has 2 nitrogen and oxygen atoms in total. The van der Waals surface area contributed by atoms with Crippen LogP contribution in [0.4, 0.5) is 11.4 Å². The van der Waals surface area contributed by atoms with Gasteiger partial charge in [-0.2, -0.15) is 0 Å². The van der Waals surface area contributed by atoms with Crippen LogP contribution in [0.25, 0.3) is 0 Å². The van der Waals surface area contributed by atoms with E-state index in [4.69, 9.17) is 9.49 Å². The van der Waals surface area contributed by atoms with Crippen LogP contribution in [-0.2, 0) is 52.4 Å². The van der Waals surface area contributed by atoms with Crippen molar-refractivity contribution in [3.05, 3.63) is 236 Å². The molecule has 10 rings (SSSR count). The summed E-state index contributed by atoms with van der Waals surface area (Å²) in [5.41, 5.74) is 17.8. The summed E-state index contributed by atoms with van der Waals surface area (Å²) < 4.78 is 12.3. The first-order valence-corrected chi connectivity index (χ1v) is 71.5. The Kier molecular flexibility index (Phi) is 44.1. The van der Waals surface area contributed by atoms with Gasteiger partial charge in [-0.1, -0.05) is 408 Å². The number of allylic oxidation sites excluding steroid dienone is 4. The first kappa shape index (κ1) is 108. The van der Waals surface area contributed by atoms with E-state index in [1.807, 2.05) is 0 Å². The zero-order valence-electron chi connectivity index (χ0n) is 77.9. The summed E-state index contributed by atoms with van der Waals surface area (Å²) in [6.07, 6.45) is 8.71. The van der Waals surface area contributed by atoms with Gasteiger partial charge in [0.05, 0.1) is 18.4 Å². The zero-order valence-corrected chi connectivity index (χ0v) is 93.6. The van der Waals surface area contributed by atoms with Crippen LogP contribution in [0.2, 0.25) is 128 Å². The SMILES string of the molecule is CC(C)c1cccc(C(C)C)c1N=P(C1=CC2=C(C1)C(C)(C)CC2(C)C)(c1ccccc1)c1ccccc1.CC(C)c1cccc(C(C)C)c1N=P(c1ccccc1)(c1ccccc1)C1CC2C(C1)C(C)(C)CC2(C)C.C[Si](C)(C)C.[CH2-][Si](C)(C)C.[CH2-][Si](C)(C)C.[CH2-][Si](C)(C)C.[CH2-][Si](C)(C[SiH2]C)C[SiH](C)C[SiH2]C.[CH3-].[Zr+4].[Zr]. The van der Waals surface area contributed by atoms with Gasteiger partial charge in [0.15, 0.2) is 0 Å². The molecule has 4 unspecified atom stereocenters. The fourth-order valence-corrected chi connectivity index (χ4v) is 46.5. The maximum absolute atomic E-state index is 6.19. The Morgan fingerprint density at radius 2 is 0.766 bits per heavy atom. The minimum Gasteiger partial charge on any atom is -0.358 e. The van der Waals surface area contributed by atoms with Gasteiger partial charge in [-0.25, -0.2) is 0 Å². The summed E-state index contributed by atoms with van der Waals surface area (Å²) >= 11 is 0. The summed E-state index contributed by atoms with van der Waals surface area (Å²) in [7, 11) is -8.21. The first-order chi connectivity index (χ1) is 49.5. The smallest absolute Gasteiger partial charge is 0.358 e. The monoisotopic (exact) mass is 1820 g/mol. The average molecular weight is 1830 g/mol. The summed E-state index contributed by atoms with van der Waals surface area (Å²) in [4.78, 5) is 0. The fraction of sp³-hybridized carbons (Fsp3) is 0.536.